The topological polar surface area (TPSA) is 39.2 Å². The Balaban J connectivity index is 1.81. The standard InChI is InChI=1S/C24H27NO2/c1-3-5-10-18(4-2)17-27-24(26)16-15-19-20-11-6-8-13-22(20)25-23-14-9-7-12-21(19)23/h6-9,11-16,18H,3-5,10,17H2,1-2H3. The maximum Gasteiger partial charge on any atom is 0.330 e. The van der Waals surface area contributed by atoms with Crippen molar-refractivity contribution in [1.82, 2.24) is 4.98 Å². The molecule has 0 aliphatic carbocycles. The average molecular weight is 361 g/mol. The van der Waals surface area contributed by atoms with Crippen LogP contribution in [-0.4, -0.2) is 17.6 Å². The van der Waals surface area contributed by atoms with E-state index in [0.29, 0.717) is 12.5 Å². The molecule has 1 aromatic heterocycles. The van der Waals surface area contributed by atoms with Gasteiger partial charge < -0.3 is 4.74 Å². The summed E-state index contributed by atoms with van der Waals surface area (Å²) in [6, 6.07) is 16.0. The van der Waals surface area contributed by atoms with Gasteiger partial charge in [0.2, 0.25) is 0 Å². The van der Waals surface area contributed by atoms with E-state index in [1.165, 1.54) is 12.8 Å². The number of hydrogen-bond acceptors (Lipinski definition) is 3. The van der Waals surface area contributed by atoms with E-state index in [1.54, 1.807) is 6.08 Å². The summed E-state index contributed by atoms with van der Waals surface area (Å²) < 4.78 is 5.50. The number of nitrogens with zero attached hydrogens (tertiary/aromatic N) is 1. The van der Waals surface area contributed by atoms with E-state index in [2.05, 4.69) is 13.8 Å². The lowest BCUT2D eigenvalue weighted by Gasteiger charge is -2.13. The summed E-state index contributed by atoms with van der Waals surface area (Å²) >= 11 is 0. The number of pyridine rings is 1. The number of unbranched alkanes of at least 4 members (excludes halogenated alkanes) is 1. The fraction of sp³-hybridized carbons (Fsp3) is 0.333. The summed E-state index contributed by atoms with van der Waals surface area (Å²) in [6.07, 6.45) is 7.91. The van der Waals surface area contributed by atoms with Gasteiger partial charge in [0, 0.05) is 16.8 Å². The zero-order valence-electron chi connectivity index (χ0n) is 16.2. The van der Waals surface area contributed by atoms with E-state index in [-0.39, 0.29) is 5.97 Å². The minimum absolute atomic E-state index is 0.282. The molecule has 1 unspecified atom stereocenters. The number of rotatable bonds is 8. The van der Waals surface area contributed by atoms with E-state index >= 15 is 0 Å². The van der Waals surface area contributed by atoms with Gasteiger partial charge in [-0.05, 0) is 36.1 Å². The van der Waals surface area contributed by atoms with E-state index < -0.39 is 0 Å². The Bertz CT molecular complexity index is 891. The summed E-state index contributed by atoms with van der Waals surface area (Å²) in [5, 5.41) is 2.07. The number of esters is 1. The molecule has 140 valence electrons. The molecular formula is C24H27NO2. The lowest BCUT2D eigenvalue weighted by atomic mass is 10.0. The molecular weight excluding hydrogens is 334 g/mol. The highest BCUT2D eigenvalue weighted by Crippen LogP contribution is 2.27. The predicted molar refractivity (Wildman–Crippen MR) is 113 cm³/mol. The summed E-state index contributed by atoms with van der Waals surface area (Å²) in [5.74, 6) is 0.166. The molecule has 1 atom stereocenters. The van der Waals surface area contributed by atoms with Gasteiger partial charge in [-0.2, -0.15) is 0 Å². The van der Waals surface area contributed by atoms with Crippen LogP contribution in [-0.2, 0) is 9.53 Å². The van der Waals surface area contributed by atoms with Crippen LogP contribution in [0, 0.1) is 5.92 Å². The third kappa shape index (κ3) is 4.73. The Labute approximate surface area is 161 Å². The van der Waals surface area contributed by atoms with Gasteiger partial charge in [0.1, 0.15) is 0 Å². The van der Waals surface area contributed by atoms with Crippen molar-refractivity contribution in [3.63, 3.8) is 0 Å². The second kappa shape index (κ2) is 9.31. The number of benzene rings is 2. The van der Waals surface area contributed by atoms with Gasteiger partial charge in [0.05, 0.1) is 17.6 Å². The molecule has 27 heavy (non-hydrogen) atoms. The zero-order chi connectivity index (χ0) is 19.1. The first kappa shape index (κ1) is 19.1. The Hall–Kier alpha value is -2.68. The monoisotopic (exact) mass is 361 g/mol. The fourth-order valence-electron chi connectivity index (χ4n) is 3.35. The molecule has 0 radical (unpaired) electrons. The largest absolute Gasteiger partial charge is 0.462 e. The van der Waals surface area contributed by atoms with Gasteiger partial charge in [-0.25, -0.2) is 9.78 Å². The van der Waals surface area contributed by atoms with Crippen molar-refractivity contribution in [2.45, 2.75) is 39.5 Å². The SMILES string of the molecule is CCCCC(CC)COC(=O)C=Cc1c2ccccc2nc2ccccc12. The maximum atomic E-state index is 12.3. The van der Waals surface area contributed by atoms with Crippen molar-refractivity contribution in [3.8, 4) is 0 Å². The van der Waals surface area contributed by atoms with Crippen LogP contribution in [0.15, 0.2) is 54.6 Å². The minimum atomic E-state index is -0.282. The molecule has 3 heteroatoms. The Kier molecular flexibility index (Phi) is 6.59. The molecule has 0 saturated heterocycles. The molecule has 0 N–H and O–H groups in total. The van der Waals surface area contributed by atoms with Crippen LogP contribution in [0.4, 0.5) is 0 Å². The van der Waals surface area contributed by atoms with Gasteiger partial charge in [0.25, 0.3) is 0 Å². The lowest BCUT2D eigenvalue weighted by molar-refractivity contribution is -0.139. The van der Waals surface area contributed by atoms with E-state index in [9.17, 15) is 4.79 Å². The van der Waals surface area contributed by atoms with Crippen LogP contribution in [0.2, 0.25) is 0 Å². The van der Waals surface area contributed by atoms with Gasteiger partial charge in [-0.1, -0.05) is 69.5 Å². The second-order valence-corrected chi connectivity index (χ2v) is 6.94. The highest BCUT2D eigenvalue weighted by molar-refractivity contribution is 6.04. The van der Waals surface area contributed by atoms with E-state index in [4.69, 9.17) is 9.72 Å². The molecule has 0 saturated carbocycles. The lowest BCUT2D eigenvalue weighted by Crippen LogP contribution is -2.12. The van der Waals surface area contributed by atoms with E-state index in [1.807, 2.05) is 54.6 Å². The molecule has 0 aliphatic heterocycles. The molecule has 0 fully saturated rings. The first-order valence-corrected chi connectivity index (χ1v) is 9.85. The predicted octanol–water partition coefficient (Wildman–Crippen LogP) is 6.16. The third-order valence-electron chi connectivity index (χ3n) is 5.02. The van der Waals surface area contributed by atoms with Gasteiger partial charge >= 0.3 is 5.97 Å². The molecule has 3 aromatic rings. The average Bonchev–Trinajstić information content (AvgIpc) is 2.71. The van der Waals surface area contributed by atoms with Crippen LogP contribution in [0.5, 0.6) is 0 Å². The summed E-state index contributed by atoms with van der Waals surface area (Å²) in [5.41, 5.74) is 2.86. The Morgan fingerprint density at radius 1 is 1.04 bits per heavy atom. The number of para-hydroxylation sites is 2. The first-order valence-electron chi connectivity index (χ1n) is 9.85. The Morgan fingerprint density at radius 2 is 1.67 bits per heavy atom. The van der Waals surface area contributed by atoms with Crippen molar-refractivity contribution in [2.24, 2.45) is 5.92 Å². The molecule has 1 heterocycles. The second-order valence-electron chi connectivity index (χ2n) is 6.94. The van der Waals surface area contributed by atoms with Crippen LogP contribution >= 0.6 is 0 Å². The maximum absolute atomic E-state index is 12.3. The third-order valence-corrected chi connectivity index (χ3v) is 5.02. The fourth-order valence-corrected chi connectivity index (χ4v) is 3.35. The summed E-state index contributed by atoms with van der Waals surface area (Å²) in [6.45, 7) is 4.83. The first-order chi connectivity index (χ1) is 13.2. The van der Waals surface area contributed by atoms with Crippen LogP contribution in [0.1, 0.15) is 45.1 Å². The number of carbonyl (C=O) groups excluding carboxylic acids is 1. The number of aromatic nitrogens is 1. The molecule has 3 nitrogen and oxygen atoms in total. The molecule has 3 rings (SSSR count). The van der Waals surface area contributed by atoms with Gasteiger partial charge in [0.15, 0.2) is 0 Å². The molecule has 0 spiro atoms. The Morgan fingerprint density at radius 3 is 2.26 bits per heavy atom. The number of carbonyl (C=O) groups is 1. The van der Waals surface area contributed by atoms with Crippen molar-refractivity contribution >= 4 is 33.9 Å². The number of fused-ring (bicyclic) bond motifs is 2. The molecule has 0 bridgehead atoms. The molecule has 0 aliphatic rings. The smallest absolute Gasteiger partial charge is 0.330 e. The van der Waals surface area contributed by atoms with E-state index in [0.717, 1.165) is 40.2 Å². The normalized spacial score (nSPS) is 12.7. The number of hydrogen-bond donors (Lipinski definition) is 0. The van der Waals surface area contributed by atoms with Crippen molar-refractivity contribution in [3.05, 3.63) is 60.2 Å². The van der Waals surface area contributed by atoms with Crippen molar-refractivity contribution in [2.75, 3.05) is 6.61 Å². The van der Waals surface area contributed by atoms with Crippen LogP contribution in [0.25, 0.3) is 27.9 Å². The van der Waals surface area contributed by atoms with Crippen LogP contribution in [0.3, 0.4) is 0 Å². The summed E-state index contributed by atoms with van der Waals surface area (Å²) in [7, 11) is 0. The van der Waals surface area contributed by atoms with Crippen LogP contribution < -0.4 is 0 Å². The number of ether oxygens (including phenoxy) is 1. The minimum Gasteiger partial charge on any atom is -0.462 e. The van der Waals surface area contributed by atoms with Crippen molar-refractivity contribution in [1.29, 1.82) is 0 Å². The highest BCUT2D eigenvalue weighted by Gasteiger charge is 2.10. The van der Waals surface area contributed by atoms with Gasteiger partial charge in [-0.3, -0.25) is 0 Å². The quantitative estimate of drug-likeness (QED) is 0.274. The zero-order valence-corrected chi connectivity index (χ0v) is 16.2. The summed E-state index contributed by atoms with van der Waals surface area (Å²) in [4.78, 5) is 17.0. The van der Waals surface area contributed by atoms with Crippen molar-refractivity contribution < 1.29 is 9.53 Å². The highest BCUT2D eigenvalue weighted by atomic mass is 16.5. The molecule has 2 aromatic carbocycles. The van der Waals surface area contributed by atoms with Gasteiger partial charge in [-0.15, -0.1) is 0 Å². The molecule has 0 amide bonds.